The fourth-order valence-corrected chi connectivity index (χ4v) is 13.3. The number of ether oxygens (including phenoxy) is 1. The molecule has 1 amide bonds. The third-order valence-electron chi connectivity index (χ3n) is 16.6. The number of hydrogen-bond acceptors (Lipinski definition) is 4. The average molecular weight is 724 g/mol. The Morgan fingerprint density at radius 1 is 0.769 bits per heavy atom. The number of allylic oxidation sites excluding steroid dienone is 2. The molecule has 5 aliphatic carbocycles. The van der Waals surface area contributed by atoms with Gasteiger partial charge in [0.1, 0.15) is 6.10 Å². The highest BCUT2D eigenvalue weighted by Crippen LogP contribution is 2.76. The van der Waals surface area contributed by atoms with E-state index in [-0.39, 0.29) is 57.4 Å². The maximum Gasteiger partial charge on any atom is 0.306 e. The Morgan fingerprint density at radius 3 is 2.10 bits per heavy atom. The van der Waals surface area contributed by atoms with Crippen LogP contribution in [-0.2, 0) is 19.1 Å². The second-order valence-corrected chi connectivity index (χ2v) is 20.5. The summed E-state index contributed by atoms with van der Waals surface area (Å²) in [6, 6.07) is 0. The van der Waals surface area contributed by atoms with Crippen LogP contribution in [-0.4, -0.2) is 35.6 Å². The molecule has 4 saturated carbocycles. The van der Waals surface area contributed by atoms with Crippen LogP contribution < -0.4 is 5.32 Å². The number of esters is 1. The summed E-state index contributed by atoms with van der Waals surface area (Å²) in [5, 5.41) is 12.4. The topological polar surface area (TPSA) is 92.7 Å². The van der Waals surface area contributed by atoms with Gasteiger partial charge in [0.2, 0.25) is 5.91 Å². The molecule has 0 bridgehead atoms. The lowest BCUT2D eigenvalue weighted by Crippen LogP contribution is -2.65. The van der Waals surface area contributed by atoms with Gasteiger partial charge in [-0.25, -0.2) is 0 Å². The third kappa shape index (κ3) is 7.80. The van der Waals surface area contributed by atoms with Crippen LogP contribution in [0, 0.1) is 50.2 Å². The molecule has 5 rings (SSSR count). The van der Waals surface area contributed by atoms with E-state index >= 15 is 0 Å². The SMILES string of the molecule is CCCCCCCCCCCC(=O)O[C@H]1CC[C@]2(C)[C@H]3CC=C4[C@@H]5CC(C)(C)CC[C@]5(C(=O)NCCCC(=O)O)CC[C@@]4(C)[C@]3(C)CC[C@H]2C1(C)C. The van der Waals surface area contributed by atoms with Gasteiger partial charge >= 0.3 is 11.9 Å². The minimum atomic E-state index is -0.807. The van der Waals surface area contributed by atoms with Gasteiger partial charge in [0.15, 0.2) is 0 Å². The van der Waals surface area contributed by atoms with Crippen molar-refractivity contribution in [1.29, 1.82) is 0 Å². The summed E-state index contributed by atoms with van der Waals surface area (Å²) in [5.74, 6) is 0.656. The van der Waals surface area contributed by atoms with Crippen molar-refractivity contribution < 1.29 is 24.2 Å². The van der Waals surface area contributed by atoms with Gasteiger partial charge in [0, 0.05) is 24.8 Å². The van der Waals surface area contributed by atoms with Crippen LogP contribution in [0.15, 0.2) is 11.6 Å². The Bertz CT molecular complexity index is 1320. The number of amides is 1. The minimum Gasteiger partial charge on any atom is -0.481 e. The summed E-state index contributed by atoms with van der Waals surface area (Å²) in [6.07, 6.45) is 25.4. The van der Waals surface area contributed by atoms with Crippen molar-refractivity contribution in [3.05, 3.63) is 11.6 Å². The highest BCUT2D eigenvalue weighted by Gasteiger charge is 2.69. The van der Waals surface area contributed by atoms with E-state index in [9.17, 15) is 14.4 Å². The summed E-state index contributed by atoms with van der Waals surface area (Å²) >= 11 is 0. The van der Waals surface area contributed by atoms with E-state index in [2.05, 4.69) is 66.8 Å². The molecule has 8 atom stereocenters. The molecule has 5 aliphatic rings. The first kappa shape index (κ1) is 41.3. The second kappa shape index (κ2) is 16.1. The minimum absolute atomic E-state index is 0.00930. The molecule has 0 unspecified atom stereocenters. The molecule has 0 aromatic heterocycles. The van der Waals surface area contributed by atoms with Crippen molar-refractivity contribution in [3.8, 4) is 0 Å². The first-order valence-corrected chi connectivity index (χ1v) is 21.9. The molecular formula is C46H77NO5. The van der Waals surface area contributed by atoms with Crippen LogP contribution in [0.4, 0.5) is 0 Å². The molecular weight excluding hydrogens is 647 g/mol. The molecule has 2 N–H and O–H groups in total. The van der Waals surface area contributed by atoms with Crippen LogP contribution in [0.1, 0.15) is 197 Å². The number of carboxylic acid groups (broad SMARTS) is 1. The van der Waals surface area contributed by atoms with Crippen LogP contribution in [0.25, 0.3) is 0 Å². The van der Waals surface area contributed by atoms with E-state index in [0.29, 0.717) is 31.2 Å². The summed E-state index contributed by atoms with van der Waals surface area (Å²) in [4.78, 5) is 38.5. The third-order valence-corrected chi connectivity index (χ3v) is 16.6. The lowest BCUT2D eigenvalue weighted by molar-refractivity contribution is -0.213. The monoisotopic (exact) mass is 724 g/mol. The quantitative estimate of drug-likeness (QED) is 0.0939. The number of fused-ring (bicyclic) bond motifs is 7. The summed E-state index contributed by atoms with van der Waals surface area (Å²) in [5.41, 5.74) is 1.64. The van der Waals surface area contributed by atoms with Crippen LogP contribution in [0.2, 0.25) is 0 Å². The van der Waals surface area contributed by atoms with Gasteiger partial charge in [0.05, 0.1) is 5.41 Å². The van der Waals surface area contributed by atoms with Crippen molar-refractivity contribution in [3.63, 3.8) is 0 Å². The zero-order valence-electron chi connectivity index (χ0n) is 34.7. The molecule has 296 valence electrons. The van der Waals surface area contributed by atoms with Gasteiger partial charge in [-0.2, -0.15) is 0 Å². The van der Waals surface area contributed by atoms with E-state index in [0.717, 1.165) is 70.6 Å². The van der Waals surface area contributed by atoms with Gasteiger partial charge in [-0.3, -0.25) is 14.4 Å². The van der Waals surface area contributed by atoms with Crippen molar-refractivity contribution in [2.45, 2.75) is 203 Å². The molecule has 52 heavy (non-hydrogen) atoms. The standard InChI is InChI=1S/C46H77NO5/c1-9-10-11-12-13-14-15-16-17-20-39(50)52-37-24-25-43(6)35(42(37,4)5)23-26-45(8)36(43)22-21-33-34-32-41(2,3)27-29-46(34,30-28-44(33,45)7)40(51)47-31-18-19-38(48)49/h21,34-37H,9-20,22-32H2,1-8H3,(H,47,51)(H,48,49)/t34-,35-,36+,37-,43-,44+,45+,46-/m0/s1. The number of nitrogens with one attached hydrogen (secondary N) is 1. The van der Waals surface area contributed by atoms with Crippen molar-refractivity contribution in [2.75, 3.05) is 6.54 Å². The molecule has 0 spiro atoms. The van der Waals surface area contributed by atoms with Gasteiger partial charge in [-0.15, -0.1) is 0 Å². The number of unbranched alkanes of at least 4 members (excludes halogenated alkanes) is 8. The van der Waals surface area contributed by atoms with Gasteiger partial charge in [0.25, 0.3) is 0 Å². The maximum atomic E-state index is 14.2. The van der Waals surface area contributed by atoms with E-state index in [1.165, 1.54) is 51.4 Å². The zero-order chi connectivity index (χ0) is 38.0. The molecule has 0 aromatic rings. The summed E-state index contributed by atoms with van der Waals surface area (Å²) in [6.45, 7) is 20.0. The number of carbonyl (C=O) groups excluding carboxylic acids is 2. The first-order valence-electron chi connectivity index (χ1n) is 21.9. The zero-order valence-corrected chi connectivity index (χ0v) is 34.7. The van der Waals surface area contributed by atoms with Gasteiger partial charge < -0.3 is 15.2 Å². The number of aliphatic carboxylic acids is 1. The van der Waals surface area contributed by atoms with Crippen molar-refractivity contribution in [2.24, 2.45) is 50.2 Å². The molecule has 0 aromatic carbocycles. The van der Waals surface area contributed by atoms with Gasteiger partial charge in [-0.1, -0.05) is 118 Å². The average Bonchev–Trinajstić information content (AvgIpc) is 3.07. The number of hydrogen-bond donors (Lipinski definition) is 2. The Morgan fingerprint density at radius 2 is 1.42 bits per heavy atom. The van der Waals surface area contributed by atoms with Crippen molar-refractivity contribution in [1.82, 2.24) is 5.32 Å². The molecule has 6 nitrogen and oxygen atoms in total. The van der Waals surface area contributed by atoms with E-state index < -0.39 is 11.4 Å². The molecule has 0 heterocycles. The fraction of sp³-hybridized carbons (Fsp3) is 0.891. The smallest absolute Gasteiger partial charge is 0.306 e. The summed E-state index contributed by atoms with van der Waals surface area (Å²) < 4.78 is 6.38. The largest absolute Gasteiger partial charge is 0.481 e. The Labute approximate surface area is 317 Å². The lowest BCUT2D eigenvalue weighted by Gasteiger charge is -2.71. The fourth-order valence-electron chi connectivity index (χ4n) is 13.3. The molecule has 0 saturated heterocycles. The molecule has 0 aliphatic heterocycles. The van der Waals surface area contributed by atoms with E-state index in [1.54, 1.807) is 5.57 Å². The van der Waals surface area contributed by atoms with Crippen molar-refractivity contribution >= 4 is 17.8 Å². The Balaban J connectivity index is 1.27. The lowest BCUT2D eigenvalue weighted by atomic mass is 9.33. The Kier molecular flexibility index (Phi) is 12.8. The predicted octanol–water partition coefficient (Wildman–Crippen LogP) is 11.6. The van der Waals surface area contributed by atoms with Crippen LogP contribution >= 0.6 is 0 Å². The van der Waals surface area contributed by atoms with Gasteiger partial charge in [-0.05, 0) is 116 Å². The highest BCUT2D eigenvalue weighted by molar-refractivity contribution is 5.84. The van der Waals surface area contributed by atoms with Crippen LogP contribution in [0.3, 0.4) is 0 Å². The predicted molar refractivity (Wildman–Crippen MR) is 211 cm³/mol. The molecule has 4 fully saturated rings. The normalized spacial score (nSPS) is 37.3. The second-order valence-electron chi connectivity index (χ2n) is 20.5. The molecule has 0 radical (unpaired) electrons. The van der Waals surface area contributed by atoms with E-state index in [4.69, 9.17) is 9.84 Å². The van der Waals surface area contributed by atoms with Crippen LogP contribution in [0.5, 0.6) is 0 Å². The summed E-state index contributed by atoms with van der Waals surface area (Å²) in [7, 11) is 0. The molecule has 6 heteroatoms. The number of carbonyl (C=O) groups is 3. The maximum absolute atomic E-state index is 14.2. The number of rotatable bonds is 16. The first-order chi connectivity index (χ1) is 24.5. The highest BCUT2D eigenvalue weighted by atomic mass is 16.5. The number of carboxylic acids is 1. The van der Waals surface area contributed by atoms with E-state index in [1.807, 2.05) is 0 Å². The Hall–Kier alpha value is -1.85.